The molecule has 90 valence electrons. The molecule has 1 N–H and O–H groups in total. The van der Waals surface area contributed by atoms with Crippen molar-refractivity contribution in [3.63, 3.8) is 0 Å². The molecule has 2 aliphatic carbocycles. The van der Waals surface area contributed by atoms with Gasteiger partial charge in [-0.05, 0) is 18.3 Å². The molecule has 0 aromatic rings. The lowest BCUT2D eigenvalue weighted by atomic mass is 9.70. The molecule has 2 rings (SSSR count). The van der Waals surface area contributed by atoms with Crippen molar-refractivity contribution in [3.8, 4) is 0 Å². The number of carbonyl (C=O) groups excluding carboxylic acids is 2. The molecule has 0 amide bonds. The number of carbonyl (C=O) groups is 2. The number of hydrogen-bond donors (Lipinski definition) is 1. The van der Waals surface area contributed by atoms with E-state index in [1.165, 1.54) is 0 Å². The van der Waals surface area contributed by atoms with Crippen molar-refractivity contribution in [3.05, 3.63) is 0 Å². The minimum atomic E-state index is -4.25. The van der Waals surface area contributed by atoms with Gasteiger partial charge in [-0.2, -0.15) is 8.42 Å². The lowest BCUT2D eigenvalue weighted by molar-refractivity contribution is -0.141. The number of Topliss-reactive ketones (excluding diaryl/α,β-unsaturated/α-hetero) is 2. The highest BCUT2D eigenvalue weighted by Crippen LogP contribution is 2.62. The van der Waals surface area contributed by atoms with Gasteiger partial charge in [-0.1, -0.05) is 13.8 Å². The van der Waals surface area contributed by atoms with Crippen molar-refractivity contribution in [2.45, 2.75) is 26.7 Å². The van der Waals surface area contributed by atoms with Gasteiger partial charge in [-0.15, -0.1) is 0 Å². The molecule has 2 bridgehead atoms. The first kappa shape index (κ1) is 11.7. The Bertz CT molecular complexity index is 475. The summed E-state index contributed by atoms with van der Waals surface area (Å²) in [6.45, 7) is 3.47. The minimum Gasteiger partial charge on any atom is -0.291 e. The van der Waals surface area contributed by atoms with E-state index in [-0.39, 0.29) is 5.92 Å². The lowest BCUT2D eigenvalue weighted by Gasteiger charge is -2.34. The second-order valence-corrected chi connectivity index (χ2v) is 6.77. The van der Waals surface area contributed by atoms with Crippen molar-refractivity contribution in [2.24, 2.45) is 16.7 Å². The van der Waals surface area contributed by atoms with Gasteiger partial charge in [-0.3, -0.25) is 14.1 Å². The van der Waals surface area contributed by atoms with Crippen molar-refractivity contribution < 1.29 is 22.6 Å². The lowest BCUT2D eigenvalue weighted by Crippen LogP contribution is -2.43. The van der Waals surface area contributed by atoms with E-state index in [1.54, 1.807) is 13.8 Å². The molecule has 0 aromatic carbocycles. The van der Waals surface area contributed by atoms with Crippen LogP contribution in [0.15, 0.2) is 0 Å². The molecule has 2 atom stereocenters. The van der Waals surface area contributed by atoms with Gasteiger partial charge >= 0.3 is 0 Å². The van der Waals surface area contributed by atoms with Crippen LogP contribution in [0.3, 0.4) is 0 Å². The molecular formula is C10H14O5S. The standard InChI is InChI=1S/C10H14O5S/c1-9(2)6-3-4-10(9,5-16(13,14)15)8(12)7(6)11/h6H,3-5H2,1-2H3,(H,13,14,15)/t6-,10+/m0/s1. The Morgan fingerprint density at radius 3 is 2.31 bits per heavy atom. The van der Waals surface area contributed by atoms with E-state index in [0.717, 1.165) is 0 Å². The van der Waals surface area contributed by atoms with E-state index in [1.807, 2.05) is 0 Å². The molecule has 0 saturated heterocycles. The van der Waals surface area contributed by atoms with Crippen LogP contribution in [0.1, 0.15) is 26.7 Å². The molecule has 2 saturated carbocycles. The van der Waals surface area contributed by atoms with Gasteiger partial charge in [0.2, 0.25) is 11.6 Å². The van der Waals surface area contributed by atoms with E-state index in [0.29, 0.717) is 12.8 Å². The van der Waals surface area contributed by atoms with Crippen molar-refractivity contribution in [1.82, 2.24) is 0 Å². The van der Waals surface area contributed by atoms with Crippen LogP contribution in [-0.4, -0.2) is 30.3 Å². The van der Waals surface area contributed by atoms with E-state index >= 15 is 0 Å². The average Bonchev–Trinajstić information content (AvgIpc) is 2.39. The fourth-order valence-corrected chi connectivity index (χ4v) is 4.57. The molecule has 5 nitrogen and oxygen atoms in total. The number of fused-ring (bicyclic) bond motifs is 2. The van der Waals surface area contributed by atoms with Crippen LogP contribution in [0.25, 0.3) is 0 Å². The SMILES string of the molecule is CC1(C)[C@H]2CC[C@@]1(CS(=O)(=O)O)C(=O)C2=O. The third-order valence-corrected chi connectivity index (χ3v) is 5.23. The second-order valence-electron chi connectivity index (χ2n) is 5.31. The first-order chi connectivity index (χ1) is 7.12. The van der Waals surface area contributed by atoms with Crippen LogP contribution in [0.2, 0.25) is 0 Å². The maximum Gasteiger partial charge on any atom is 0.265 e. The van der Waals surface area contributed by atoms with Gasteiger partial charge in [0.15, 0.2) is 0 Å². The monoisotopic (exact) mass is 246 g/mol. The van der Waals surface area contributed by atoms with Gasteiger partial charge < -0.3 is 0 Å². The summed E-state index contributed by atoms with van der Waals surface area (Å²) in [6.07, 6.45) is 0.905. The van der Waals surface area contributed by atoms with E-state index in [4.69, 9.17) is 4.55 Å². The molecule has 2 aliphatic rings. The fourth-order valence-electron chi connectivity index (χ4n) is 3.30. The smallest absolute Gasteiger partial charge is 0.265 e. The normalized spacial score (nSPS) is 37.1. The number of rotatable bonds is 2. The predicted octanol–water partition coefficient (Wildman–Crippen LogP) is 0.449. The molecule has 16 heavy (non-hydrogen) atoms. The Morgan fingerprint density at radius 1 is 1.38 bits per heavy atom. The summed E-state index contributed by atoms with van der Waals surface area (Å²) < 4.78 is 30.9. The van der Waals surface area contributed by atoms with Crippen LogP contribution in [0.5, 0.6) is 0 Å². The summed E-state index contributed by atoms with van der Waals surface area (Å²) in [5.41, 5.74) is -1.88. The van der Waals surface area contributed by atoms with Crippen molar-refractivity contribution >= 4 is 21.7 Å². The Labute approximate surface area is 94.0 Å². The largest absolute Gasteiger partial charge is 0.291 e. The molecule has 0 aliphatic heterocycles. The van der Waals surface area contributed by atoms with Crippen LogP contribution >= 0.6 is 0 Å². The Balaban J connectivity index is 2.54. The predicted molar refractivity (Wildman–Crippen MR) is 55.4 cm³/mol. The second kappa shape index (κ2) is 2.92. The Kier molecular flexibility index (Phi) is 2.14. The zero-order valence-electron chi connectivity index (χ0n) is 9.19. The zero-order valence-corrected chi connectivity index (χ0v) is 10.0. The van der Waals surface area contributed by atoms with Gasteiger partial charge in [0.1, 0.15) is 0 Å². The van der Waals surface area contributed by atoms with E-state index in [2.05, 4.69) is 0 Å². The maximum atomic E-state index is 11.9. The van der Waals surface area contributed by atoms with Crippen LogP contribution in [0.4, 0.5) is 0 Å². The first-order valence-corrected chi connectivity index (χ1v) is 6.76. The Morgan fingerprint density at radius 2 is 1.94 bits per heavy atom. The van der Waals surface area contributed by atoms with Crippen LogP contribution in [0, 0.1) is 16.7 Å². The molecule has 0 aromatic heterocycles. The summed E-state index contributed by atoms with van der Waals surface area (Å²) >= 11 is 0. The molecule has 0 radical (unpaired) electrons. The topological polar surface area (TPSA) is 88.5 Å². The average molecular weight is 246 g/mol. The summed E-state index contributed by atoms with van der Waals surface area (Å²) in [4.78, 5) is 23.5. The van der Waals surface area contributed by atoms with E-state index in [9.17, 15) is 18.0 Å². The number of hydrogen-bond acceptors (Lipinski definition) is 4. The van der Waals surface area contributed by atoms with Crippen molar-refractivity contribution in [1.29, 1.82) is 0 Å². The van der Waals surface area contributed by atoms with Gasteiger partial charge in [-0.25, -0.2) is 0 Å². The van der Waals surface area contributed by atoms with Gasteiger partial charge in [0.25, 0.3) is 10.1 Å². The highest BCUT2D eigenvalue weighted by atomic mass is 32.2. The molecule has 2 fully saturated rings. The fraction of sp³-hybridized carbons (Fsp3) is 0.800. The van der Waals surface area contributed by atoms with Crippen molar-refractivity contribution in [2.75, 3.05) is 5.75 Å². The summed E-state index contributed by atoms with van der Waals surface area (Å²) in [6, 6.07) is 0. The highest BCUT2D eigenvalue weighted by Gasteiger charge is 2.69. The summed E-state index contributed by atoms with van der Waals surface area (Å²) in [5.74, 6) is -2.11. The van der Waals surface area contributed by atoms with Crippen LogP contribution in [-0.2, 0) is 19.7 Å². The number of ketones is 2. The van der Waals surface area contributed by atoms with Gasteiger partial charge in [0.05, 0.1) is 11.2 Å². The molecule has 0 spiro atoms. The summed E-state index contributed by atoms with van der Waals surface area (Å²) in [5, 5.41) is 0. The maximum absolute atomic E-state index is 11.9. The Hall–Kier alpha value is -0.750. The first-order valence-electron chi connectivity index (χ1n) is 5.16. The quantitative estimate of drug-likeness (QED) is 0.564. The molecular weight excluding hydrogens is 232 g/mol. The van der Waals surface area contributed by atoms with E-state index < -0.39 is 38.3 Å². The van der Waals surface area contributed by atoms with Crippen LogP contribution < -0.4 is 0 Å². The summed E-state index contributed by atoms with van der Waals surface area (Å²) in [7, 11) is -4.25. The molecule has 6 heteroatoms. The molecule has 0 heterocycles. The minimum absolute atomic E-state index is 0.370. The third kappa shape index (κ3) is 1.23. The van der Waals surface area contributed by atoms with Gasteiger partial charge in [0, 0.05) is 5.92 Å². The third-order valence-electron chi connectivity index (χ3n) is 4.37. The zero-order chi connectivity index (χ0) is 12.4. The highest BCUT2D eigenvalue weighted by molar-refractivity contribution is 7.85. The molecule has 0 unspecified atom stereocenters.